The monoisotopic (exact) mass is 296 g/mol. The van der Waals surface area contributed by atoms with Crippen LogP contribution in [0.3, 0.4) is 0 Å². The zero-order chi connectivity index (χ0) is 14.8. The number of amides is 1. The Labute approximate surface area is 119 Å². The molecule has 20 heavy (non-hydrogen) atoms. The van der Waals surface area contributed by atoms with Gasteiger partial charge >= 0.3 is 0 Å². The van der Waals surface area contributed by atoms with E-state index in [2.05, 4.69) is 5.32 Å². The van der Waals surface area contributed by atoms with Crippen molar-refractivity contribution < 1.29 is 13.2 Å². The lowest BCUT2D eigenvalue weighted by molar-refractivity contribution is 0.0903. The summed E-state index contributed by atoms with van der Waals surface area (Å²) in [5.41, 5.74) is 5.80. The van der Waals surface area contributed by atoms with E-state index in [1.807, 2.05) is 0 Å². The number of hydrogen-bond acceptors (Lipinski definition) is 4. The van der Waals surface area contributed by atoms with E-state index in [-0.39, 0.29) is 16.3 Å². The number of rotatable bonds is 4. The second-order valence-corrected chi connectivity index (χ2v) is 7.46. The van der Waals surface area contributed by atoms with Crippen LogP contribution in [0, 0.1) is 0 Å². The van der Waals surface area contributed by atoms with Gasteiger partial charge in [0, 0.05) is 18.4 Å². The summed E-state index contributed by atoms with van der Waals surface area (Å²) in [4.78, 5) is 12.4. The van der Waals surface area contributed by atoms with Gasteiger partial charge < -0.3 is 11.1 Å². The minimum absolute atomic E-state index is 0.151. The molecule has 0 saturated heterocycles. The van der Waals surface area contributed by atoms with Gasteiger partial charge in [-0.2, -0.15) is 0 Å². The van der Waals surface area contributed by atoms with Crippen molar-refractivity contribution in [3.05, 3.63) is 29.8 Å². The van der Waals surface area contributed by atoms with Crippen LogP contribution in [0.5, 0.6) is 0 Å². The molecule has 1 aliphatic carbocycles. The quantitative estimate of drug-likeness (QED) is 0.870. The standard InChI is InChI=1S/C14H20N2O3S/c1-20(18,19)12-6-4-5-11(9-12)13(17)16-14(10-15)7-2-3-8-14/h4-6,9H,2-3,7-8,10,15H2,1H3,(H,16,17). The SMILES string of the molecule is CS(=O)(=O)c1cccc(C(=O)NC2(CN)CCCC2)c1. The summed E-state index contributed by atoms with van der Waals surface area (Å²) in [7, 11) is -3.31. The highest BCUT2D eigenvalue weighted by atomic mass is 32.2. The summed E-state index contributed by atoms with van der Waals surface area (Å²) < 4.78 is 23.0. The average molecular weight is 296 g/mol. The fourth-order valence-electron chi connectivity index (χ4n) is 2.61. The molecule has 0 bridgehead atoms. The highest BCUT2D eigenvalue weighted by Gasteiger charge is 2.34. The highest BCUT2D eigenvalue weighted by molar-refractivity contribution is 7.90. The summed E-state index contributed by atoms with van der Waals surface area (Å²) in [6.45, 7) is 0.407. The Balaban J connectivity index is 2.21. The van der Waals surface area contributed by atoms with Gasteiger partial charge in [-0.3, -0.25) is 4.79 Å². The smallest absolute Gasteiger partial charge is 0.251 e. The summed E-state index contributed by atoms with van der Waals surface area (Å²) in [5.74, 6) is -0.261. The average Bonchev–Trinajstić information content (AvgIpc) is 2.87. The normalized spacial score (nSPS) is 17.9. The molecule has 2 rings (SSSR count). The molecule has 0 radical (unpaired) electrons. The lowest BCUT2D eigenvalue weighted by Gasteiger charge is -2.28. The van der Waals surface area contributed by atoms with Gasteiger partial charge in [-0.25, -0.2) is 8.42 Å². The number of hydrogen-bond donors (Lipinski definition) is 2. The van der Waals surface area contributed by atoms with Gasteiger partial charge in [-0.1, -0.05) is 18.9 Å². The van der Waals surface area contributed by atoms with Crippen LogP contribution in [0.4, 0.5) is 0 Å². The van der Waals surface area contributed by atoms with Crippen LogP contribution in [0.2, 0.25) is 0 Å². The Hall–Kier alpha value is -1.40. The minimum Gasteiger partial charge on any atom is -0.345 e. The Kier molecular flexibility index (Phi) is 4.15. The predicted molar refractivity (Wildman–Crippen MR) is 77.3 cm³/mol. The number of carbonyl (C=O) groups excluding carboxylic acids is 1. The molecule has 0 spiro atoms. The van der Waals surface area contributed by atoms with E-state index in [1.165, 1.54) is 12.1 Å². The Morgan fingerprint density at radius 3 is 2.55 bits per heavy atom. The third-order valence-electron chi connectivity index (χ3n) is 3.85. The van der Waals surface area contributed by atoms with Crippen LogP contribution in [0.25, 0.3) is 0 Å². The molecule has 0 atom stereocenters. The maximum Gasteiger partial charge on any atom is 0.251 e. The number of sulfone groups is 1. The third kappa shape index (κ3) is 3.19. The summed E-state index contributed by atoms with van der Waals surface area (Å²) >= 11 is 0. The molecule has 1 aromatic carbocycles. The fraction of sp³-hybridized carbons (Fsp3) is 0.500. The van der Waals surface area contributed by atoms with Crippen molar-refractivity contribution in [2.75, 3.05) is 12.8 Å². The molecule has 1 amide bonds. The van der Waals surface area contributed by atoms with Crippen LogP contribution >= 0.6 is 0 Å². The summed E-state index contributed by atoms with van der Waals surface area (Å²) in [5, 5.41) is 2.98. The van der Waals surface area contributed by atoms with E-state index in [0.29, 0.717) is 12.1 Å². The lowest BCUT2D eigenvalue weighted by atomic mass is 9.97. The number of carbonyl (C=O) groups is 1. The van der Waals surface area contributed by atoms with Gasteiger partial charge in [0.1, 0.15) is 0 Å². The largest absolute Gasteiger partial charge is 0.345 e. The van der Waals surface area contributed by atoms with Gasteiger partial charge in [0.15, 0.2) is 9.84 Å². The maximum absolute atomic E-state index is 12.3. The summed E-state index contributed by atoms with van der Waals surface area (Å²) in [6.07, 6.45) is 4.99. The van der Waals surface area contributed by atoms with Crippen LogP contribution in [0.1, 0.15) is 36.0 Å². The molecule has 110 valence electrons. The molecule has 0 aliphatic heterocycles. The van der Waals surface area contributed by atoms with Crippen molar-refractivity contribution in [2.24, 2.45) is 5.73 Å². The maximum atomic E-state index is 12.3. The molecule has 1 aromatic rings. The van der Waals surface area contributed by atoms with E-state index < -0.39 is 9.84 Å². The first-order valence-corrected chi connectivity index (χ1v) is 8.58. The van der Waals surface area contributed by atoms with Gasteiger partial charge in [0.05, 0.1) is 10.4 Å². The number of nitrogens with two attached hydrogens (primary N) is 1. The van der Waals surface area contributed by atoms with Gasteiger partial charge in [0.2, 0.25) is 0 Å². The molecule has 0 aromatic heterocycles. The fourth-order valence-corrected chi connectivity index (χ4v) is 3.28. The van der Waals surface area contributed by atoms with Crippen molar-refractivity contribution in [1.82, 2.24) is 5.32 Å². The predicted octanol–water partition coefficient (Wildman–Crippen LogP) is 1.09. The molecule has 3 N–H and O–H groups in total. The van der Waals surface area contributed by atoms with Crippen LogP contribution in [-0.2, 0) is 9.84 Å². The van der Waals surface area contributed by atoms with Crippen LogP contribution in [0.15, 0.2) is 29.2 Å². The number of nitrogens with one attached hydrogen (secondary N) is 1. The topological polar surface area (TPSA) is 89.3 Å². The first-order chi connectivity index (χ1) is 9.36. The van der Waals surface area contributed by atoms with Gasteiger partial charge in [0.25, 0.3) is 5.91 Å². The molecule has 6 heteroatoms. The van der Waals surface area contributed by atoms with Crippen LogP contribution < -0.4 is 11.1 Å². The first kappa shape index (κ1) is 15.0. The number of benzene rings is 1. The molecule has 1 saturated carbocycles. The zero-order valence-electron chi connectivity index (χ0n) is 11.6. The van der Waals surface area contributed by atoms with E-state index in [9.17, 15) is 13.2 Å². The van der Waals surface area contributed by atoms with E-state index in [0.717, 1.165) is 31.9 Å². The zero-order valence-corrected chi connectivity index (χ0v) is 12.4. The second kappa shape index (κ2) is 5.54. The Bertz CT molecular complexity index is 605. The second-order valence-electron chi connectivity index (χ2n) is 5.45. The van der Waals surface area contributed by atoms with Crippen LogP contribution in [-0.4, -0.2) is 32.7 Å². The molecule has 5 nitrogen and oxygen atoms in total. The molecule has 1 aliphatic rings. The van der Waals surface area contributed by atoms with E-state index in [4.69, 9.17) is 5.73 Å². The summed E-state index contributed by atoms with van der Waals surface area (Å²) in [6, 6.07) is 6.09. The molecular weight excluding hydrogens is 276 g/mol. The molecular formula is C14H20N2O3S. The van der Waals surface area contributed by atoms with Crippen molar-refractivity contribution in [3.63, 3.8) is 0 Å². The van der Waals surface area contributed by atoms with E-state index >= 15 is 0 Å². The molecule has 0 heterocycles. The highest BCUT2D eigenvalue weighted by Crippen LogP contribution is 2.29. The minimum atomic E-state index is -3.31. The van der Waals surface area contributed by atoms with Gasteiger partial charge in [-0.15, -0.1) is 0 Å². The Morgan fingerprint density at radius 1 is 1.35 bits per heavy atom. The van der Waals surface area contributed by atoms with Crippen molar-refractivity contribution in [2.45, 2.75) is 36.1 Å². The van der Waals surface area contributed by atoms with Crippen molar-refractivity contribution in [1.29, 1.82) is 0 Å². The molecule has 0 unspecified atom stereocenters. The van der Waals surface area contributed by atoms with Crippen molar-refractivity contribution in [3.8, 4) is 0 Å². The lowest BCUT2D eigenvalue weighted by Crippen LogP contribution is -2.51. The third-order valence-corrected chi connectivity index (χ3v) is 4.96. The Morgan fingerprint density at radius 2 is 2.00 bits per heavy atom. The van der Waals surface area contributed by atoms with E-state index in [1.54, 1.807) is 12.1 Å². The molecule has 1 fully saturated rings. The first-order valence-electron chi connectivity index (χ1n) is 6.69. The van der Waals surface area contributed by atoms with Crippen molar-refractivity contribution >= 4 is 15.7 Å². The van der Waals surface area contributed by atoms with Gasteiger partial charge in [-0.05, 0) is 31.0 Å².